The highest BCUT2D eigenvalue weighted by Gasteiger charge is 2.19. The van der Waals surface area contributed by atoms with Crippen LogP contribution in [0.5, 0.6) is 0 Å². The lowest BCUT2D eigenvalue weighted by Crippen LogP contribution is -2.28. The molecule has 1 rings (SSSR count). The van der Waals surface area contributed by atoms with Gasteiger partial charge in [-0.3, -0.25) is 10.4 Å². The van der Waals surface area contributed by atoms with Crippen LogP contribution < -0.4 is 0 Å². The highest BCUT2D eigenvalue weighted by Crippen LogP contribution is 2.19. The molecule has 9 heavy (non-hydrogen) atoms. The Morgan fingerprint density at radius 1 is 1.44 bits per heavy atom. The molecule has 0 saturated carbocycles. The molecule has 1 saturated heterocycles. The Labute approximate surface area is 64.4 Å². The largest absolute Gasteiger partial charge is 0.289 e. The summed E-state index contributed by atoms with van der Waals surface area (Å²) in [5, 5.41) is 17.2. The molecule has 0 amide bonds. The van der Waals surface area contributed by atoms with Crippen molar-refractivity contribution in [3.63, 3.8) is 0 Å². The second-order valence-corrected chi connectivity index (χ2v) is 2.99. The van der Waals surface area contributed by atoms with Gasteiger partial charge in [-0.2, -0.15) is 11.8 Å². The van der Waals surface area contributed by atoms with E-state index in [-0.39, 0.29) is 18.4 Å². The number of hydroxylamine groups is 2. The van der Waals surface area contributed by atoms with Crippen LogP contribution in [0.25, 0.3) is 0 Å². The molecule has 5 heteroatoms. The first-order chi connectivity index (χ1) is 3.80. The van der Waals surface area contributed by atoms with Gasteiger partial charge in [0.1, 0.15) is 0 Å². The van der Waals surface area contributed by atoms with Crippen LogP contribution in [0.1, 0.15) is 6.42 Å². The van der Waals surface area contributed by atoms with E-state index in [2.05, 4.69) is 0 Å². The van der Waals surface area contributed by atoms with Gasteiger partial charge in [0.2, 0.25) is 0 Å². The van der Waals surface area contributed by atoms with Crippen molar-refractivity contribution in [2.75, 3.05) is 11.5 Å². The number of hydrogen-bond donors (Lipinski definition) is 2. The molecule has 0 aromatic heterocycles. The number of hydrogen-bond acceptors (Lipinski definition) is 4. The smallest absolute Gasteiger partial charge is 0.0721 e. The second-order valence-electron chi connectivity index (χ2n) is 1.84. The fourth-order valence-corrected chi connectivity index (χ4v) is 1.88. The van der Waals surface area contributed by atoms with Gasteiger partial charge >= 0.3 is 0 Å². The Bertz CT molecular complexity index is 77.0. The zero-order valence-electron chi connectivity index (χ0n) is 4.86. The summed E-state index contributed by atoms with van der Waals surface area (Å²) in [7, 11) is 0. The monoisotopic (exact) mass is 171 g/mol. The van der Waals surface area contributed by atoms with Crippen molar-refractivity contribution in [1.82, 2.24) is 5.23 Å². The molecule has 0 aromatic rings. The van der Waals surface area contributed by atoms with Crippen LogP contribution in [0.15, 0.2) is 0 Å². The molecule has 1 atom stereocenters. The highest BCUT2D eigenvalue weighted by molar-refractivity contribution is 7.99. The van der Waals surface area contributed by atoms with E-state index in [1.54, 1.807) is 11.8 Å². The quantitative estimate of drug-likeness (QED) is 0.578. The van der Waals surface area contributed by atoms with Crippen molar-refractivity contribution in [3.8, 4) is 0 Å². The van der Waals surface area contributed by atoms with Gasteiger partial charge in [0.15, 0.2) is 0 Å². The molecule has 0 bridgehead atoms. The SMILES string of the molecule is Cl.ON(O)[C@H]1CCSC1. The third-order valence-corrected chi connectivity index (χ3v) is 2.38. The number of nitrogens with zero attached hydrogens (tertiary/aromatic N) is 1. The molecule has 1 aliphatic heterocycles. The maximum absolute atomic E-state index is 8.43. The lowest BCUT2D eigenvalue weighted by molar-refractivity contribution is -0.326. The molecular weight excluding hydrogens is 162 g/mol. The van der Waals surface area contributed by atoms with Gasteiger partial charge in [-0.25, -0.2) is 0 Å². The Kier molecular flexibility index (Phi) is 4.61. The van der Waals surface area contributed by atoms with E-state index in [0.29, 0.717) is 5.23 Å². The molecule has 1 fully saturated rings. The molecule has 0 aliphatic carbocycles. The molecule has 1 aliphatic rings. The molecule has 3 nitrogen and oxygen atoms in total. The topological polar surface area (TPSA) is 43.7 Å². The summed E-state index contributed by atoms with van der Waals surface area (Å²) in [6.45, 7) is 0. The van der Waals surface area contributed by atoms with Crippen LogP contribution >= 0.6 is 24.2 Å². The molecule has 0 unspecified atom stereocenters. The van der Waals surface area contributed by atoms with E-state index in [1.807, 2.05) is 0 Å². The van der Waals surface area contributed by atoms with E-state index in [4.69, 9.17) is 10.4 Å². The summed E-state index contributed by atoms with van der Waals surface area (Å²) >= 11 is 1.75. The number of rotatable bonds is 1. The maximum atomic E-state index is 8.43. The minimum absolute atomic E-state index is 0. The molecule has 56 valence electrons. The van der Waals surface area contributed by atoms with Crippen LogP contribution in [-0.4, -0.2) is 33.2 Å². The Balaban J connectivity index is 0.000000640. The van der Waals surface area contributed by atoms with Crippen molar-refractivity contribution in [2.24, 2.45) is 0 Å². The van der Waals surface area contributed by atoms with E-state index in [0.717, 1.165) is 17.9 Å². The second kappa shape index (κ2) is 4.35. The van der Waals surface area contributed by atoms with Gasteiger partial charge in [0.25, 0.3) is 0 Å². The molecule has 0 spiro atoms. The maximum Gasteiger partial charge on any atom is 0.0721 e. The number of halogens is 1. The predicted octanol–water partition coefficient (Wildman–Crippen LogP) is 0.994. The average Bonchev–Trinajstić information content (AvgIpc) is 2.12. The summed E-state index contributed by atoms with van der Waals surface area (Å²) in [5.74, 6) is 1.88. The van der Waals surface area contributed by atoms with Crippen molar-refractivity contribution < 1.29 is 10.4 Å². The van der Waals surface area contributed by atoms with Gasteiger partial charge in [-0.1, -0.05) is 5.23 Å². The first kappa shape index (κ1) is 9.52. The first-order valence-corrected chi connectivity index (χ1v) is 3.71. The Morgan fingerprint density at radius 2 is 2.11 bits per heavy atom. The summed E-state index contributed by atoms with van der Waals surface area (Å²) in [6.07, 6.45) is 0.887. The van der Waals surface area contributed by atoms with Crippen LogP contribution in [0, 0.1) is 0 Å². The highest BCUT2D eigenvalue weighted by atomic mass is 35.5. The van der Waals surface area contributed by atoms with Crippen molar-refractivity contribution >= 4 is 24.2 Å². The Hall–Kier alpha value is 0.520. The predicted molar refractivity (Wildman–Crippen MR) is 38.4 cm³/mol. The van der Waals surface area contributed by atoms with Gasteiger partial charge in [0, 0.05) is 5.75 Å². The third kappa shape index (κ3) is 2.73. The lowest BCUT2D eigenvalue weighted by Gasteiger charge is -2.11. The minimum atomic E-state index is -0.0278. The average molecular weight is 172 g/mol. The molecule has 1 heterocycles. The first-order valence-electron chi connectivity index (χ1n) is 2.55. The number of thioether (sulfide) groups is 1. The van der Waals surface area contributed by atoms with E-state index in [1.165, 1.54) is 0 Å². The molecular formula is C4H10ClNO2S. The third-order valence-electron chi connectivity index (χ3n) is 1.23. The normalized spacial score (nSPS) is 26.3. The van der Waals surface area contributed by atoms with Crippen LogP contribution in [0.3, 0.4) is 0 Å². The van der Waals surface area contributed by atoms with Gasteiger partial charge in [-0.15, -0.1) is 12.4 Å². The van der Waals surface area contributed by atoms with Gasteiger partial charge < -0.3 is 0 Å². The van der Waals surface area contributed by atoms with E-state index in [9.17, 15) is 0 Å². The molecule has 0 radical (unpaired) electrons. The molecule has 2 N–H and O–H groups in total. The fraction of sp³-hybridized carbons (Fsp3) is 1.00. The van der Waals surface area contributed by atoms with Gasteiger partial charge in [0.05, 0.1) is 6.04 Å². The zero-order valence-corrected chi connectivity index (χ0v) is 6.49. The minimum Gasteiger partial charge on any atom is -0.289 e. The molecule has 0 aromatic carbocycles. The lowest BCUT2D eigenvalue weighted by atomic mass is 10.3. The van der Waals surface area contributed by atoms with Crippen molar-refractivity contribution in [3.05, 3.63) is 0 Å². The van der Waals surface area contributed by atoms with Crippen LogP contribution in [0.4, 0.5) is 0 Å². The van der Waals surface area contributed by atoms with Crippen molar-refractivity contribution in [1.29, 1.82) is 0 Å². The fourth-order valence-electron chi connectivity index (χ4n) is 0.704. The van der Waals surface area contributed by atoms with Crippen LogP contribution in [0.2, 0.25) is 0 Å². The summed E-state index contributed by atoms with van der Waals surface area (Å²) in [4.78, 5) is 0. The summed E-state index contributed by atoms with van der Waals surface area (Å²) in [6, 6.07) is -0.0278. The standard InChI is InChI=1S/C4H9NO2S.ClH/c6-5(7)4-1-2-8-3-4;/h4,6-7H,1-3H2;1H/t4-;/m0./s1. The zero-order chi connectivity index (χ0) is 5.98. The summed E-state index contributed by atoms with van der Waals surface area (Å²) in [5.41, 5.74) is 0. The van der Waals surface area contributed by atoms with Crippen molar-refractivity contribution in [2.45, 2.75) is 12.5 Å². The Morgan fingerprint density at radius 3 is 2.33 bits per heavy atom. The van der Waals surface area contributed by atoms with E-state index < -0.39 is 0 Å². The van der Waals surface area contributed by atoms with Crippen LogP contribution in [-0.2, 0) is 0 Å². The van der Waals surface area contributed by atoms with E-state index >= 15 is 0 Å². The summed E-state index contributed by atoms with van der Waals surface area (Å²) < 4.78 is 0. The van der Waals surface area contributed by atoms with Gasteiger partial charge in [-0.05, 0) is 12.2 Å².